The first-order valence-corrected chi connectivity index (χ1v) is 8.08. The molecule has 0 saturated heterocycles. The molecule has 1 aromatic carbocycles. The lowest BCUT2D eigenvalue weighted by Gasteiger charge is -2.28. The lowest BCUT2D eigenvalue weighted by atomic mass is 9.84. The number of non-ortho nitro benzene ring substituents is 1. The van der Waals surface area contributed by atoms with E-state index in [1.54, 1.807) is 0 Å². The molecule has 0 unspecified atom stereocenters. The van der Waals surface area contributed by atoms with Crippen LogP contribution in [0.3, 0.4) is 0 Å². The van der Waals surface area contributed by atoms with Crippen LogP contribution in [0.5, 0.6) is 0 Å². The molecule has 1 aromatic rings. The van der Waals surface area contributed by atoms with Crippen LogP contribution in [-0.2, 0) is 0 Å². The molecule has 2 aliphatic rings. The fourth-order valence-electron chi connectivity index (χ4n) is 4.10. The number of hydrogen-bond donors (Lipinski definition) is 1. The summed E-state index contributed by atoms with van der Waals surface area (Å²) >= 11 is 6.02. The van der Waals surface area contributed by atoms with Crippen molar-refractivity contribution in [2.24, 2.45) is 17.8 Å². The maximum Gasteiger partial charge on any atom is 0.270 e. The van der Waals surface area contributed by atoms with Gasteiger partial charge in [0.2, 0.25) is 0 Å². The summed E-state index contributed by atoms with van der Waals surface area (Å²) in [4.78, 5) is 22.7. The van der Waals surface area contributed by atoms with Crippen LogP contribution in [0.15, 0.2) is 18.2 Å². The number of nitrogens with one attached hydrogen (secondary N) is 1. The molecule has 0 aliphatic heterocycles. The molecule has 22 heavy (non-hydrogen) atoms. The van der Waals surface area contributed by atoms with Gasteiger partial charge in [-0.2, -0.15) is 0 Å². The molecule has 2 bridgehead atoms. The van der Waals surface area contributed by atoms with Gasteiger partial charge in [0, 0.05) is 18.2 Å². The molecule has 0 aromatic heterocycles. The number of nitro benzene ring substituents is 1. The fourth-order valence-corrected chi connectivity index (χ4v) is 4.30. The fraction of sp³-hybridized carbons (Fsp3) is 0.562. The SMILES string of the molecule is C[C@@H](NC(=O)c1cc([N+](=O)[O-])ccc1Cl)[C@@H]1C[C@@H]2CC[C@@H]1C2. The molecule has 0 spiro atoms. The number of halogens is 1. The molecular weight excluding hydrogens is 304 g/mol. The highest BCUT2D eigenvalue weighted by Gasteiger charge is 2.42. The lowest BCUT2D eigenvalue weighted by Crippen LogP contribution is -2.40. The Bertz CT molecular complexity index is 619. The number of carbonyl (C=O) groups is 1. The predicted molar refractivity (Wildman–Crippen MR) is 84.0 cm³/mol. The van der Waals surface area contributed by atoms with Crippen LogP contribution in [0.25, 0.3) is 0 Å². The number of rotatable bonds is 4. The van der Waals surface area contributed by atoms with Crippen LogP contribution >= 0.6 is 11.6 Å². The topological polar surface area (TPSA) is 72.2 Å². The predicted octanol–water partition coefficient (Wildman–Crippen LogP) is 3.80. The third-order valence-corrected chi connectivity index (χ3v) is 5.53. The summed E-state index contributed by atoms with van der Waals surface area (Å²) in [7, 11) is 0. The van der Waals surface area contributed by atoms with Crippen LogP contribution < -0.4 is 5.32 Å². The van der Waals surface area contributed by atoms with Crippen LogP contribution in [-0.4, -0.2) is 16.9 Å². The van der Waals surface area contributed by atoms with Gasteiger partial charge in [-0.25, -0.2) is 0 Å². The Morgan fingerprint density at radius 3 is 2.77 bits per heavy atom. The zero-order chi connectivity index (χ0) is 15.9. The quantitative estimate of drug-likeness (QED) is 0.677. The minimum atomic E-state index is -0.521. The molecule has 2 aliphatic carbocycles. The highest BCUT2D eigenvalue weighted by molar-refractivity contribution is 6.33. The number of nitrogens with zero attached hydrogens (tertiary/aromatic N) is 1. The lowest BCUT2D eigenvalue weighted by molar-refractivity contribution is -0.384. The Morgan fingerprint density at radius 2 is 2.18 bits per heavy atom. The minimum Gasteiger partial charge on any atom is -0.349 e. The number of hydrogen-bond acceptors (Lipinski definition) is 3. The zero-order valence-electron chi connectivity index (χ0n) is 12.4. The summed E-state index contributed by atoms with van der Waals surface area (Å²) < 4.78 is 0. The molecule has 1 N–H and O–H groups in total. The average molecular weight is 323 g/mol. The summed E-state index contributed by atoms with van der Waals surface area (Å²) in [6.45, 7) is 2.02. The number of nitro groups is 1. The van der Waals surface area contributed by atoms with Crippen molar-refractivity contribution in [3.63, 3.8) is 0 Å². The molecule has 3 rings (SSSR count). The van der Waals surface area contributed by atoms with Crippen LogP contribution in [0.4, 0.5) is 5.69 Å². The molecule has 2 fully saturated rings. The molecule has 0 heterocycles. The number of benzene rings is 1. The van der Waals surface area contributed by atoms with Gasteiger partial charge in [0.05, 0.1) is 15.5 Å². The second kappa shape index (κ2) is 5.88. The van der Waals surface area contributed by atoms with Gasteiger partial charge in [-0.3, -0.25) is 14.9 Å². The molecule has 0 radical (unpaired) electrons. The van der Waals surface area contributed by atoms with Gasteiger partial charge < -0.3 is 5.32 Å². The molecule has 4 atom stereocenters. The van der Waals surface area contributed by atoms with Crippen molar-refractivity contribution in [1.29, 1.82) is 0 Å². The first kappa shape index (κ1) is 15.3. The highest BCUT2D eigenvalue weighted by Crippen LogP contribution is 2.49. The maximum absolute atomic E-state index is 12.4. The first-order chi connectivity index (χ1) is 10.5. The zero-order valence-corrected chi connectivity index (χ0v) is 13.2. The average Bonchev–Trinajstić information content (AvgIpc) is 3.09. The Hall–Kier alpha value is -1.62. The van der Waals surface area contributed by atoms with Crippen molar-refractivity contribution in [2.45, 2.75) is 38.6 Å². The van der Waals surface area contributed by atoms with E-state index in [0.717, 1.165) is 5.92 Å². The summed E-state index contributed by atoms with van der Waals surface area (Å²) in [5, 5.41) is 14.1. The molecule has 1 amide bonds. The van der Waals surface area contributed by atoms with Gasteiger partial charge in [-0.1, -0.05) is 18.0 Å². The summed E-state index contributed by atoms with van der Waals surface area (Å²) in [5.74, 6) is 1.71. The third-order valence-electron chi connectivity index (χ3n) is 5.20. The van der Waals surface area contributed by atoms with E-state index in [0.29, 0.717) is 11.8 Å². The van der Waals surface area contributed by atoms with Gasteiger partial charge in [0.25, 0.3) is 11.6 Å². The van der Waals surface area contributed by atoms with E-state index < -0.39 is 4.92 Å². The summed E-state index contributed by atoms with van der Waals surface area (Å²) in [6, 6.07) is 4.01. The van der Waals surface area contributed by atoms with Crippen LogP contribution in [0.1, 0.15) is 43.0 Å². The first-order valence-electron chi connectivity index (χ1n) is 7.70. The van der Waals surface area contributed by atoms with Crippen molar-refractivity contribution in [3.8, 4) is 0 Å². The molecule has 5 nitrogen and oxygen atoms in total. The summed E-state index contributed by atoms with van der Waals surface area (Å²) in [5.41, 5.74) is 0.0491. The maximum atomic E-state index is 12.4. The largest absolute Gasteiger partial charge is 0.349 e. The molecule has 6 heteroatoms. The third kappa shape index (κ3) is 2.82. The molecular formula is C16H19ClN2O3. The number of carbonyl (C=O) groups excluding carboxylic acids is 1. The van der Waals surface area contributed by atoms with E-state index in [4.69, 9.17) is 11.6 Å². The van der Waals surface area contributed by atoms with Gasteiger partial charge in [0.15, 0.2) is 0 Å². The second-order valence-electron chi connectivity index (χ2n) is 6.52. The van der Waals surface area contributed by atoms with E-state index in [1.165, 1.54) is 43.9 Å². The van der Waals surface area contributed by atoms with Gasteiger partial charge in [-0.05, 0) is 50.0 Å². The second-order valence-corrected chi connectivity index (χ2v) is 6.93. The minimum absolute atomic E-state index is 0.0677. The van der Waals surface area contributed by atoms with Crippen molar-refractivity contribution in [3.05, 3.63) is 38.9 Å². The summed E-state index contributed by atoms with van der Waals surface area (Å²) in [6.07, 6.45) is 5.03. The smallest absolute Gasteiger partial charge is 0.270 e. The van der Waals surface area contributed by atoms with Gasteiger partial charge >= 0.3 is 0 Å². The Morgan fingerprint density at radius 1 is 1.41 bits per heavy atom. The van der Waals surface area contributed by atoms with E-state index in [9.17, 15) is 14.9 Å². The van der Waals surface area contributed by atoms with E-state index in [2.05, 4.69) is 5.32 Å². The molecule has 118 valence electrons. The Balaban J connectivity index is 1.71. The van der Waals surface area contributed by atoms with E-state index >= 15 is 0 Å². The normalized spacial score (nSPS) is 27.6. The van der Waals surface area contributed by atoms with Crippen molar-refractivity contribution in [1.82, 2.24) is 5.32 Å². The van der Waals surface area contributed by atoms with E-state index in [-0.39, 0.29) is 28.2 Å². The highest BCUT2D eigenvalue weighted by atomic mass is 35.5. The van der Waals surface area contributed by atoms with Crippen molar-refractivity contribution >= 4 is 23.2 Å². The number of fused-ring (bicyclic) bond motifs is 2. The van der Waals surface area contributed by atoms with Crippen molar-refractivity contribution < 1.29 is 9.72 Å². The molecule has 2 saturated carbocycles. The van der Waals surface area contributed by atoms with Crippen LogP contribution in [0.2, 0.25) is 5.02 Å². The van der Waals surface area contributed by atoms with Crippen LogP contribution in [0, 0.1) is 27.9 Å². The monoisotopic (exact) mass is 322 g/mol. The number of amides is 1. The Labute approximate surface area is 134 Å². The standard InChI is InChI=1S/C16H19ClN2O3/c1-9(13-7-10-2-3-11(13)6-10)18-16(20)14-8-12(19(21)22)4-5-15(14)17/h4-5,8-11,13H,2-3,6-7H2,1H3,(H,18,20)/t9-,10-,11-,13+/m1/s1. The Kier molecular flexibility index (Phi) is 4.08. The van der Waals surface area contributed by atoms with E-state index in [1.807, 2.05) is 6.92 Å². The van der Waals surface area contributed by atoms with Crippen molar-refractivity contribution in [2.75, 3.05) is 0 Å². The van der Waals surface area contributed by atoms with Gasteiger partial charge in [0.1, 0.15) is 0 Å². The van der Waals surface area contributed by atoms with Gasteiger partial charge in [-0.15, -0.1) is 0 Å².